The average molecular weight is 290 g/mol. The van der Waals surface area contributed by atoms with E-state index in [2.05, 4.69) is 51.8 Å². The standard InChI is InChI=1S/C18H18N4/c1-14-6-5-9-16(12-14)21-18-19-11-10-17(22-18)20-13-15-7-3-2-4-8-15/h2-12H,13H2,1H3,(H2,19,20,21,22). The van der Waals surface area contributed by atoms with Gasteiger partial charge in [0.1, 0.15) is 5.82 Å². The molecule has 22 heavy (non-hydrogen) atoms. The minimum atomic E-state index is 0.587. The van der Waals surface area contributed by atoms with E-state index in [1.807, 2.05) is 36.4 Å². The minimum absolute atomic E-state index is 0.587. The summed E-state index contributed by atoms with van der Waals surface area (Å²) >= 11 is 0. The van der Waals surface area contributed by atoms with Crippen molar-refractivity contribution < 1.29 is 0 Å². The van der Waals surface area contributed by atoms with Crippen LogP contribution in [0.5, 0.6) is 0 Å². The molecule has 0 bridgehead atoms. The highest BCUT2D eigenvalue weighted by Crippen LogP contribution is 2.15. The lowest BCUT2D eigenvalue weighted by Crippen LogP contribution is -2.04. The van der Waals surface area contributed by atoms with Crippen LogP contribution in [-0.4, -0.2) is 9.97 Å². The third-order valence-electron chi connectivity index (χ3n) is 3.25. The first-order valence-electron chi connectivity index (χ1n) is 7.24. The van der Waals surface area contributed by atoms with Crippen molar-refractivity contribution in [2.75, 3.05) is 10.6 Å². The third kappa shape index (κ3) is 3.82. The molecule has 110 valence electrons. The number of hydrogen-bond acceptors (Lipinski definition) is 4. The number of aryl methyl sites for hydroxylation is 1. The minimum Gasteiger partial charge on any atom is -0.366 e. The normalized spacial score (nSPS) is 10.2. The van der Waals surface area contributed by atoms with Gasteiger partial charge in [-0.2, -0.15) is 4.98 Å². The molecule has 0 spiro atoms. The van der Waals surface area contributed by atoms with Crippen molar-refractivity contribution in [3.05, 3.63) is 78.0 Å². The third-order valence-corrected chi connectivity index (χ3v) is 3.25. The summed E-state index contributed by atoms with van der Waals surface area (Å²) in [6.07, 6.45) is 1.75. The van der Waals surface area contributed by atoms with Crippen LogP contribution in [0, 0.1) is 6.92 Å². The first-order chi connectivity index (χ1) is 10.8. The molecule has 2 N–H and O–H groups in total. The lowest BCUT2D eigenvalue weighted by molar-refractivity contribution is 1.08. The molecule has 0 unspecified atom stereocenters. The summed E-state index contributed by atoms with van der Waals surface area (Å²) in [7, 11) is 0. The molecule has 0 amide bonds. The van der Waals surface area contributed by atoms with E-state index in [1.165, 1.54) is 11.1 Å². The van der Waals surface area contributed by atoms with Gasteiger partial charge in [0.15, 0.2) is 0 Å². The van der Waals surface area contributed by atoms with Crippen molar-refractivity contribution in [3.8, 4) is 0 Å². The fourth-order valence-corrected chi connectivity index (χ4v) is 2.16. The maximum absolute atomic E-state index is 4.48. The van der Waals surface area contributed by atoms with E-state index in [4.69, 9.17) is 0 Å². The number of anilines is 3. The Balaban J connectivity index is 1.67. The largest absolute Gasteiger partial charge is 0.366 e. The number of aromatic nitrogens is 2. The van der Waals surface area contributed by atoms with Crippen LogP contribution in [0.25, 0.3) is 0 Å². The van der Waals surface area contributed by atoms with Crippen molar-refractivity contribution in [2.45, 2.75) is 13.5 Å². The van der Waals surface area contributed by atoms with E-state index in [1.54, 1.807) is 6.20 Å². The molecule has 4 heteroatoms. The second-order valence-electron chi connectivity index (χ2n) is 5.10. The van der Waals surface area contributed by atoms with Gasteiger partial charge in [0.05, 0.1) is 0 Å². The Kier molecular flexibility index (Phi) is 4.30. The van der Waals surface area contributed by atoms with Gasteiger partial charge in [0, 0.05) is 18.4 Å². The summed E-state index contributed by atoms with van der Waals surface area (Å²) < 4.78 is 0. The molecule has 1 aromatic heterocycles. The van der Waals surface area contributed by atoms with Gasteiger partial charge in [-0.3, -0.25) is 0 Å². The van der Waals surface area contributed by atoms with Crippen molar-refractivity contribution in [3.63, 3.8) is 0 Å². The summed E-state index contributed by atoms with van der Waals surface area (Å²) in [6, 6.07) is 20.2. The zero-order valence-electron chi connectivity index (χ0n) is 12.5. The molecule has 0 radical (unpaired) electrons. The van der Waals surface area contributed by atoms with Gasteiger partial charge in [0.25, 0.3) is 0 Å². The smallest absolute Gasteiger partial charge is 0.229 e. The number of hydrogen-bond donors (Lipinski definition) is 2. The summed E-state index contributed by atoms with van der Waals surface area (Å²) in [5.41, 5.74) is 3.40. The molecule has 3 rings (SSSR count). The second kappa shape index (κ2) is 6.72. The molecule has 4 nitrogen and oxygen atoms in total. The Hall–Kier alpha value is -2.88. The molecular formula is C18H18N4. The molecule has 0 atom stereocenters. The Labute approximate surface area is 130 Å². The molecule has 0 aliphatic rings. The van der Waals surface area contributed by atoms with Gasteiger partial charge in [-0.05, 0) is 36.2 Å². The van der Waals surface area contributed by atoms with Crippen LogP contribution in [0.15, 0.2) is 66.9 Å². The van der Waals surface area contributed by atoms with Gasteiger partial charge in [-0.1, -0.05) is 42.5 Å². The highest BCUT2D eigenvalue weighted by molar-refractivity contribution is 5.55. The zero-order valence-corrected chi connectivity index (χ0v) is 12.5. The maximum Gasteiger partial charge on any atom is 0.229 e. The molecular weight excluding hydrogens is 272 g/mol. The monoisotopic (exact) mass is 290 g/mol. The SMILES string of the molecule is Cc1cccc(Nc2nccc(NCc3ccccc3)n2)c1. The summed E-state index contributed by atoms with van der Waals surface area (Å²) in [6.45, 7) is 2.80. The number of benzene rings is 2. The second-order valence-corrected chi connectivity index (χ2v) is 5.10. The van der Waals surface area contributed by atoms with E-state index < -0.39 is 0 Å². The number of nitrogens with one attached hydrogen (secondary N) is 2. The van der Waals surface area contributed by atoms with Gasteiger partial charge in [0.2, 0.25) is 5.95 Å². The quantitative estimate of drug-likeness (QED) is 0.741. The fourth-order valence-electron chi connectivity index (χ4n) is 2.16. The van der Waals surface area contributed by atoms with Crippen LogP contribution in [0.2, 0.25) is 0 Å². The van der Waals surface area contributed by atoms with Crippen LogP contribution in [0.4, 0.5) is 17.5 Å². The van der Waals surface area contributed by atoms with E-state index >= 15 is 0 Å². The Morgan fingerprint density at radius 3 is 2.64 bits per heavy atom. The van der Waals surface area contributed by atoms with Crippen LogP contribution >= 0.6 is 0 Å². The van der Waals surface area contributed by atoms with Gasteiger partial charge in [-0.25, -0.2) is 4.98 Å². The van der Waals surface area contributed by atoms with Crippen molar-refractivity contribution >= 4 is 17.5 Å². The van der Waals surface area contributed by atoms with Crippen LogP contribution in [-0.2, 0) is 6.54 Å². The van der Waals surface area contributed by atoms with Crippen LogP contribution in [0.3, 0.4) is 0 Å². The van der Waals surface area contributed by atoms with Gasteiger partial charge < -0.3 is 10.6 Å². The molecule has 2 aromatic carbocycles. The zero-order chi connectivity index (χ0) is 15.2. The lowest BCUT2D eigenvalue weighted by atomic mass is 10.2. The van der Waals surface area contributed by atoms with Gasteiger partial charge in [-0.15, -0.1) is 0 Å². The lowest BCUT2D eigenvalue weighted by Gasteiger charge is -2.09. The highest BCUT2D eigenvalue weighted by atomic mass is 15.1. The van der Waals surface area contributed by atoms with Gasteiger partial charge >= 0.3 is 0 Å². The summed E-state index contributed by atoms with van der Waals surface area (Å²) in [4.78, 5) is 8.74. The van der Waals surface area contributed by atoms with E-state index in [0.29, 0.717) is 5.95 Å². The Morgan fingerprint density at radius 2 is 1.82 bits per heavy atom. The molecule has 0 fully saturated rings. The van der Waals surface area contributed by atoms with Crippen molar-refractivity contribution in [1.82, 2.24) is 9.97 Å². The predicted molar refractivity (Wildman–Crippen MR) is 90.3 cm³/mol. The average Bonchev–Trinajstić information content (AvgIpc) is 2.54. The number of rotatable bonds is 5. The van der Waals surface area contributed by atoms with E-state index in [0.717, 1.165) is 18.1 Å². The summed E-state index contributed by atoms with van der Waals surface area (Å²) in [5.74, 6) is 1.39. The molecule has 0 saturated carbocycles. The maximum atomic E-state index is 4.48. The van der Waals surface area contributed by atoms with E-state index in [9.17, 15) is 0 Å². The van der Waals surface area contributed by atoms with E-state index in [-0.39, 0.29) is 0 Å². The van der Waals surface area contributed by atoms with Crippen molar-refractivity contribution in [1.29, 1.82) is 0 Å². The van der Waals surface area contributed by atoms with Crippen LogP contribution in [0.1, 0.15) is 11.1 Å². The highest BCUT2D eigenvalue weighted by Gasteiger charge is 2.00. The topological polar surface area (TPSA) is 49.8 Å². The predicted octanol–water partition coefficient (Wildman–Crippen LogP) is 4.14. The molecule has 3 aromatic rings. The van der Waals surface area contributed by atoms with Crippen LogP contribution < -0.4 is 10.6 Å². The molecule has 0 aliphatic carbocycles. The molecule has 0 saturated heterocycles. The Morgan fingerprint density at radius 1 is 0.955 bits per heavy atom. The Bertz CT molecular complexity index is 741. The first kappa shape index (κ1) is 14.1. The first-order valence-corrected chi connectivity index (χ1v) is 7.24. The molecule has 0 aliphatic heterocycles. The fraction of sp³-hybridized carbons (Fsp3) is 0.111. The number of nitrogens with zero attached hydrogens (tertiary/aromatic N) is 2. The van der Waals surface area contributed by atoms with Crippen molar-refractivity contribution in [2.24, 2.45) is 0 Å². The summed E-state index contributed by atoms with van der Waals surface area (Å²) in [5, 5.41) is 6.53. The molecule has 1 heterocycles.